The van der Waals surface area contributed by atoms with Crippen molar-refractivity contribution in [3.05, 3.63) is 95.8 Å². The summed E-state index contributed by atoms with van der Waals surface area (Å²) in [7, 11) is -2.44. The second-order valence-corrected chi connectivity index (χ2v) is 10.6. The molecule has 202 valence electrons. The number of carbonyl (C=O) groups excluding carboxylic acids is 2. The molecule has 0 saturated heterocycles. The van der Waals surface area contributed by atoms with Crippen molar-refractivity contribution in [1.29, 1.82) is 0 Å². The molecule has 1 N–H and O–H groups in total. The van der Waals surface area contributed by atoms with Crippen LogP contribution in [-0.4, -0.2) is 57.6 Å². The SMILES string of the molecule is CCNC(=O)[C@H](Cc1ccccc1)N(Cc1cccc(OC)c1)C(=O)CN(c1cccc(F)c1)S(C)(=O)=O. The Kier molecular flexibility index (Phi) is 9.84. The molecular formula is C28H32FN3O5S. The van der Waals surface area contributed by atoms with Crippen molar-refractivity contribution in [3.8, 4) is 5.75 Å². The van der Waals surface area contributed by atoms with Crippen LogP contribution in [0.25, 0.3) is 0 Å². The van der Waals surface area contributed by atoms with Gasteiger partial charge in [-0.3, -0.25) is 13.9 Å². The Morgan fingerprint density at radius 1 is 0.974 bits per heavy atom. The fraction of sp³-hybridized carbons (Fsp3) is 0.286. The molecule has 0 aromatic heterocycles. The molecule has 0 aliphatic heterocycles. The van der Waals surface area contributed by atoms with Gasteiger partial charge in [0.25, 0.3) is 0 Å². The summed E-state index contributed by atoms with van der Waals surface area (Å²) in [6.07, 6.45) is 1.16. The molecule has 0 fully saturated rings. The fourth-order valence-electron chi connectivity index (χ4n) is 4.06. The summed E-state index contributed by atoms with van der Waals surface area (Å²) in [5, 5.41) is 2.79. The predicted molar refractivity (Wildman–Crippen MR) is 145 cm³/mol. The molecular weight excluding hydrogens is 509 g/mol. The van der Waals surface area contributed by atoms with E-state index in [2.05, 4.69) is 5.32 Å². The number of hydrogen-bond acceptors (Lipinski definition) is 5. The Hall–Kier alpha value is -3.92. The van der Waals surface area contributed by atoms with E-state index < -0.39 is 34.3 Å². The van der Waals surface area contributed by atoms with E-state index in [0.717, 1.165) is 22.2 Å². The molecule has 0 spiro atoms. The van der Waals surface area contributed by atoms with Gasteiger partial charge < -0.3 is 15.0 Å². The van der Waals surface area contributed by atoms with Crippen LogP contribution in [-0.2, 0) is 32.6 Å². The van der Waals surface area contributed by atoms with E-state index in [1.54, 1.807) is 31.2 Å². The molecule has 0 bridgehead atoms. The Bertz CT molecular complexity index is 1350. The Morgan fingerprint density at radius 3 is 2.29 bits per heavy atom. The zero-order chi connectivity index (χ0) is 27.7. The van der Waals surface area contributed by atoms with E-state index >= 15 is 0 Å². The lowest BCUT2D eigenvalue weighted by atomic mass is 10.0. The average molecular weight is 542 g/mol. The van der Waals surface area contributed by atoms with Gasteiger partial charge in [0.15, 0.2) is 0 Å². The van der Waals surface area contributed by atoms with Crippen molar-refractivity contribution in [3.63, 3.8) is 0 Å². The van der Waals surface area contributed by atoms with Crippen LogP contribution in [0.1, 0.15) is 18.1 Å². The van der Waals surface area contributed by atoms with Crippen LogP contribution in [0.3, 0.4) is 0 Å². The maximum absolute atomic E-state index is 14.0. The van der Waals surface area contributed by atoms with Crippen LogP contribution in [0.2, 0.25) is 0 Å². The number of nitrogens with zero attached hydrogens (tertiary/aromatic N) is 2. The summed E-state index contributed by atoms with van der Waals surface area (Å²) < 4.78 is 45.5. The lowest BCUT2D eigenvalue weighted by molar-refractivity contribution is -0.140. The van der Waals surface area contributed by atoms with Crippen molar-refractivity contribution in [1.82, 2.24) is 10.2 Å². The molecule has 3 aromatic rings. The molecule has 2 amide bonds. The maximum Gasteiger partial charge on any atom is 0.244 e. The lowest BCUT2D eigenvalue weighted by Crippen LogP contribution is -2.53. The van der Waals surface area contributed by atoms with Gasteiger partial charge in [0, 0.05) is 19.5 Å². The molecule has 38 heavy (non-hydrogen) atoms. The standard InChI is InChI=1S/C28H32FN3O5S/c1-4-30-28(34)26(17-21-10-6-5-7-11-21)31(19-22-12-8-15-25(16-22)37-2)27(33)20-32(38(3,35)36)24-14-9-13-23(29)18-24/h5-16,18,26H,4,17,19-20H2,1-3H3,(H,30,34)/t26-/m0/s1. The zero-order valence-corrected chi connectivity index (χ0v) is 22.4. The first-order valence-corrected chi connectivity index (χ1v) is 13.9. The van der Waals surface area contributed by atoms with Crippen molar-refractivity contribution in [2.24, 2.45) is 0 Å². The summed E-state index contributed by atoms with van der Waals surface area (Å²) in [5.74, 6) is -1.05. The van der Waals surface area contributed by atoms with Gasteiger partial charge in [-0.2, -0.15) is 0 Å². The van der Waals surface area contributed by atoms with Gasteiger partial charge >= 0.3 is 0 Å². The minimum atomic E-state index is -3.96. The van der Waals surface area contributed by atoms with Crippen molar-refractivity contribution in [2.45, 2.75) is 25.9 Å². The quantitative estimate of drug-likeness (QED) is 0.379. The number of amides is 2. The van der Waals surface area contributed by atoms with Crippen LogP contribution >= 0.6 is 0 Å². The molecule has 0 saturated carbocycles. The number of likely N-dealkylation sites (N-methyl/N-ethyl adjacent to an activating group) is 1. The zero-order valence-electron chi connectivity index (χ0n) is 21.6. The van der Waals surface area contributed by atoms with Gasteiger partial charge in [0.1, 0.15) is 24.2 Å². The number of methoxy groups -OCH3 is 1. The Labute approximate surface area is 223 Å². The number of halogens is 1. The van der Waals surface area contributed by atoms with Crippen molar-refractivity contribution < 1.29 is 27.1 Å². The molecule has 0 heterocycles. The third-order valence-corrected chi connectivity index (χ3v) is 7.03. The monoisotopic (exact) mass is 541 g/mol. The van der Waals surface area contributed by atoms with Crippen molar-refractivity contribution >= 4 is 27.5 Å². The minimum Gasteiger partial charge on any atom is -0.497 e. The summed E-state index contributed by atoms with van der Waals surface area (Å²) >= 11 is 0. The Morgan fingerprint density at radius 2 is 1.66 bits per heavy atom. The van der Waals surface area contributed by atoms with E-state index in [-0.39, 0.29) is 24.6 Å². The molecule has 3 aromatic carbocycles. The van der Waals surface area contributed by atoms with E-state index in [9.17, 15) is 22.4 Å². The second-order valence-electron chi connectivity index (χ2n) is 8.72. The highest BCUT2D eigenvalue weighted by molar-refractivity contribution is 7.92. The topological polar surface area (TPSA) is 96.0 Å². The van der Waals surface area contributed by atoms with Gasteiger partial charge in [-0.15, -0.1) is 0 Å². The second kappa shape index (κ2) is 13.0. The highest BCUT2D eigenvalue weighted by Crippen LogP contribution is 2.22. The normalized spacial score (nSPS) is 11.9. The van der Waals surface area contributed by atoms with Gasteiger partial charge in [-0.1, -0.05) is 48.5 Å². The predicted octanol–water partition coefficient (Wildman–Crippen LogP) is 3.38. The van der Waals surface area contributed by atoms with Gasteiger partial charge in [0.05, 0.1) is 19.1 Å². The molecule has 0 unspecified atom stereocenters. The third kappa shape index (κ3) is 7.79. The number of carbonyl (C=O) groups is 2. The molecule has 3 rings (SSSR count). The lowest BCUT2D eigenvalue weighted by Gasteiger charge is -2.33. The van der Waals surface area contributed by atoms with E-state index in [1.165, 1.54) is 30.2 Å². The molecule has 10 heteroatoms. The maximum atomic E-state index is 14.0. The van der Waals surface area contributed by atoms with Crippen LogP contribution in [0.15, 0.2) is 78.9 Å². The van der Waals surface area contributed by atoms with Crippen LogP contribution in [0.5, 0.6) is 5.75 Å². The number of benzene rings is 3. The summed E-state index contributed by atoms with van der Waals surface area (Å²) in [6.45, 7) is 1.54. The third-order valence-electron chi connectivity index (χ3n) is 5.88. The number of anilines is 1. The number of sulfonamides is 1. The number of hydrogen-bond donors (Lipinski definition) is 1. The summed E-state index contributed by atoms with van der Waals surface area (Å²) in [4.78, 5) is 28.5. The summed E-state index contributed by atoms with van der Waals surface area (Å²) in [5.41, 5.74) is 1.54. The first-order valence-electron chi connectivity index (χ1n) is 12.1. The first kappa shape index (κ1) is 28.6. The number of ether oxygens (including phenoxy) is 1. The molecule has 0 radical (unpaired) electrons. The highest BCUT2D eigenvalue weighted by atomic mass is 32.2. The van der Waals surface area contributed by atoms with E-state index in [0.29, 0.717) is 17.9 Å². The fourth-order valence-corrected chi connectivity index (χ4v) is 4.90. The van der Waals surface area contributed by atoms with Crippen molar-refractivity contribution in [2.75, 3.05) is 30.8 Å². The van der Waals surface area contributed by atoms with Crippen LogP contribution < -0.4 is 14.4 Å². The van der Waals surface area contributed by atoms with Gasteiger partial charge in [0.2, 0.25) is 21.8 Å². The van der Waals surface area contributed by atoms with E-state index in [4.69, 9.17) is 4.74 Å². The average Bonchev–Trinajstić information content (AvgIpc) is 2.89. The van der Waals surface area contributed by atoms with E-state index in [1.807, 2.05) is 30.3 Å². The van der Waals surface area contributed by atoms with Gasteiger partial charge in [-0.05, 0) is 48.4 Å². The molecule has 1 atom stereocenters. The Balaban J connectivity index is 2.05. The number of rotatable bonds is 12. The molecule has 0 aliphatic rings. The largest absolute Gasteiger partial charge is 0.497 e. The van der Waals surface area contributed by atoms with Gasteiger partial charge in [-0.25, -0.2) is 12.8 Å². The molecule has 0 aliphatic carbocycles. The van der Waals surface area contributed by atoms with Crippen LogP contribution in [0.4, 0.5) is 10.1 Å². The smallest absolute Gasteiger partial charge is 0.244 e. The highest BCUT2D eigenvalue weighted by Gasteiger charge is 2.33. The molecule has 8 nitrogen and oxygen atoms in total. The summed E-state index contributed by atoms with van der Waals surface area (Å²) in [6, 6.07) is 20.4. The van der Waals surface area contributed by atoms with Crippen LogP contribution in [0, 0.1) is 5.82 Å². The number of nitrogens with one attached hydrogen (secondary N) is 1. The first-order chi connectivity index (χ1) is 18.1. The minimum absolute atomic E-state index is 0.0137.